The number of hydrogen-bond donors (Lipinski definition) is 2. The molecule has 4 nitrogen and oxygen atoms in total. The molecule has 1 unspecified atom stereocenters. The summed E-state index contributed by atoms with van der Waals surface area (Å²) >= 11 is 0. The van der Waals surface area contributed by atoms with E-state index in [1.165, 1.54) is 0 Å². The van der Waals surface area contributed by atoms with Crippen molar-refractivity contribution in [3.8, 4) is 5.75 Å². The summed E-state index contributed by atoms with van der Waals surface area (Å²) in [6, 6.07) is 7.69. The number of carbonyl (C=O) groups is 1. The topological polar surface area (TPSA) is 50.4 Å². The molecule has 0 saturated carbocycles. The lowest BCUT2D eigenvalue weighted by Gasteiger charge is -2.35. The highest BCUT2D eigenvalue weighted by Gasteiger charge is 2.31. The largest absolute Gasteiger partial charge is 0.497 e. The number of rotatable bonds is 2. The lowest BCUT2D eigenvalue weighted by molar-refractivity contribution is 0.211. The third-order valence-corrected chi connectivity index (χ3v) is 3.01. The van der Waals surface area contributed by atoms with Gasteiger partial charge >= 0.3 is 6.03 Å². The van der Waals surface area contributed by atoms with Gasteiger partial charge in [-0.25, -0.2) is 4.79 Å². The van der Waals surface area contributed by atoms with Gasteiger partial charge in [-0.3, -0.25) is 0 Å². The molecule has 1 aromatic carbocycles. The fourth-order valence-corrected chi connectivity index (χ4v) is 1.97. The fraction of sp³-hybridized carbons (Fsp3) is 0.417. The van der Waals surface area contributed by atoms with Crippen molar-refractivity contribution < 1.29 is 9.53 Å². The summed E-state index contributed by atoms with van der Waals surface area (Å²) in [6.45, 7) is 2.72. The maximum absolute atomic E-state index is 11.4. The van der Waals surface area contributed by atoms with Gasteiger partial charge in [-0.2, -0.15) is 0 Å². The van der Waals surface area contributed by atoms with Gasteiger partial charge in [-0.1, -0.05) is 12.1 Å². The van der Waals surface area contributed by atoms with Gasteiger partial charge in [0.05, 0.1) is 12.6 Å². The zero-order valence-electron chi connectivity index (χ0n) is 9.54. The van der Waals surface area contributed by atoms with Crippen molar-refractivity contribution in [2.45, 2.75) is 18.9 Å². The third kappa shape index (κ3) is 1.96. The highest BCUT2D eigenvalue weighted by Crippen LogP contribution is 2.28. The van der Waals surface area contributed by atoms with E-state index in [-0.39, 0.29) is 11.6 Å². The monoisotopic (exact) mass is 220 g/mol. The van der Waals surface area contributed by atoms with Crippen LogP contribution in [0.25, 0.3) is 0 Å². The Morgan fingerprint density at radius 2 is 2.25 bits per heavy atom. The number of hydrogen-bond acceptors (Lipinski definition) is 2. The van der Waals surface area contributed by atoms with Crippen molar-refractivity contribution in [3.63, 3.8) is 0 Å². The molecule has 0 spiro atoms. The molecule has 0 aliphatic carbocycles. The van der Waals surface area contributed by atoms with E-state index in [2.05, 4.69) is 10.6 Å². The number of carbonyl (C=O) groups excluding carboxylic acids is 1. The Kier molecular flexibility index (Phi) is 2.73. The Morgan fingerprint density at radius 3 is 2.94 bits per heavy atom. The van der Waals surface area contributed by atoms with E-state index in [0.717, 1.165) is 17.7 Å². The van der Waals surface area contributed by atoms with Crippen LogP contribution in [0.1, 0.15) is 18.9 Å². The van der Waals surface area contributed by atoms with Gasteiger partial charge in [0.25, 0.3) is 0 Å². The molecule has 4 heteroatoms. The molecular formula is C12H16N2O2. The summed E-state index contributed by atoms with van der Waals surface area (Å²) in [5.41, 5.74) is 0.762. The lowest BCUT2D eigenvalue weighted by Crippen LogP contribution is -2.54. The second-order valence-corrected chi connectivity index (χ2v) is 4.19. The van der Waals surface area contributed by atoms with E-state index in [4.69, 9.17) is 4.74 Å². The first-order valence-corrected chi connectivity index (χ1v) is 5.34. The van der Waals surface area contributed by atoms with Crippen LogP contribution in [-0.2, 0) is 5.54 Å². The average molecular weight is 220 g/mol. The highest BCUT2D eigenvalue weighted by atomic mass is 16.5. The van der Waals surface area contributed by atoms with E-state index in [0.29, 0.717) is 6.54 Å². The van der Waals surface area contributed by atoms with Crippen molar-refractivity contribution in [3.05, 3.63) is 29.8 Å². The molecule has 1 fully saturated rings. The van der Waals surface area contributed by atoms with Gasteiger partial charge in [0.15, 0.2) is 0 Å². The second-order valence-electron chi connectivity index (χ2n) is 4.19. The summed E-state index contributed by atoms with van der Waals surface area (Å²) in [5, 5.41) is 5.71. The summed E-state index contributed by atoms with van der Waals surface area (Å²) in [6.07, 6.45) is 0.867. The first-order valence-electron chi connectivity index (χ1n) is 5.34. The predicted octanol–water partition coefficient (Wildman–Crippen LogP) is 1.61. The number of methoxy groups -OCH3 is 1. The Bertz CT molecular complexity index is 406. The van der Waals surface area contributed by atoms with E-state index in [1.807, 2.05) is 31.2 Å². The predicted molar refractivity (Wildman–Crippen MR) is 61.5 cm³/mol. The smallest absolute Gasteiger partial charge is 0.315 e. The van der Waals surface area contributed by atoms with E-state index in [1.54, 1.807) is 7.11 Å². The van der Waals surface area contributed by atoms with Gasteiger partial charge in [0.1, 0.15) is 5.75 Å². The van der Waals surface area contributed by atoms with Crippen LogP contribution in [0.15, 0.2) is 24.3 Å². The zero-order chi connectivity index (χ0) is 11.6. The minimum absolute atomic E-state index is 0.114. The molecule has 0 radical (unpaired) electrons. The van der Waals surface area contributed by atoms with Crippen LogP contribution in [0.2, 0.25) is 0 Å². The molecular weight excluding hydrogens is 204 g/mol. The van der Waals surface area contributed by atoms with Crippen LogP contribution in [0.3, 0.4) is 0 Å². The highest BCUT2D eigenvalue weighted by molar-refractivity contribution is 5.76. The third-order valence-electron chi connectivity index (χ3n) is 3.01. The maximum Gasteiger partial charge on any atom is 0.315 e. The molecule has 2 amide bonds. The minimum Gasteiger partial charge on any atom is -0.497 e. The van der Waals surface area contributed by atoms with Crippen LogP contribution in [0, 0.1) is 0 Å². The summed E-state index contributed by atoms with van der Waals surface area (Å²) in [5.74, 6) is 0.812. The van der Waals surface area contributed by atoms with Gasteiger partial charge < -0.3 is 15.4 Å². The first-order chi connectivity index (χ1) is 7.64. The molecule has 86 valence electrons. The van der Waals surface area contributed by atoms with Crippen molar-refractivity contribution in [2.24, 2.45) is 0 Å². The van der Waals surface area contributed by atoms with Gasteiger partial charge in [-0.05, 0) is 31.0 Å². The van der Waals surface area contributed by atoms with E-state index >= 15 is 0 Å². The molecule has 1 aromatic rings. The summed E-state index contributed by atoms with van der Waals surface area (Å²) < 4.78 is 5.19. The fourth-order valence-electron chi connectivity index (χ4n) is 1.97. The quantitative estimate of drug-likeness (QED) is 0.795. The Hall–Kier alpha value is -1.71. The van der Waals surface area contributed by atoms with Crippen molar-refractivity contribution in [1.29, 1.82) is 0 Å². The molecule has 1 heterocycles. The van der Waals surface area contributed by atoms with Gasteiger partial charge in [0.2, 0.25) is 0 Å². The lowest BCUT2D eigenvalue weighted by atomic mass is 9.87. The minimum atomic E-state index is -0.309. The van der Waals surface area contributed by atoms with E-state index < -0.39 is 0 Å². The molecule has 0 aromatic heterocycles. The summed E-state index contributed by atoms with van der Waals surface area (Å²) in [7, 11) is 1.64. The molecule has 1 aliphatic heterocycles. The number of nitrogens with one attached hydrogen (secondary N) is 2. The van der Waals surface area contributed by atoms with Crippen molar-refractivity contribution in [2.75, 3.05) is 13.7 Å². The molecule has 2 rings (SSSR count). The number of amides is 2. The second kappa shape index (κ2) is 4.04. The van der Waals surface area contributed by atoms with Crippen LogP contribution in [0.4, 0.5) is 4.79 Å². The first kappa shape index (κ1) is 10.8. The standard InChI is InChI=1S/C12H16N2O2/c1-12(6-7-13-11(15)14-12)9-4-3-5-10(8-9)16-2/h3-5,8H,6-7H2,1-2H3,(H2,13,14,15). The Labute approximate surface area is 95.0 Å². The average Bonchev–Trinajstić information content (AvgIpc) is 2.29. The Balaban J connectivity index is 2.30. The van der Waals surface area contributed by atoms with Crippen molar-refractivity contribution >= 4 is 6.03 Å². The molecule has 0 bridgehead atoms. The number of ether oxygens (including phenoxy) is 1. The van der Waals surface area contributed by atoms with Crippen LogP contribution in [0.5, 0.6) is 5.75 Å². The molecule has 1 aliphatic rings. The number of benzene rings is 1. The van der Waals surface area contributed by atoms with Crippen molar-refractivity contribution in [1.82, 2.24) is 10.6 Å². The van der Waals surface area contributed by atoms with Gasteiger partial charge in [-0.15, -0.1) is 0 Å². The van der Waals surface area contributed by atoms with Crippen LogP contribution < -0.4 is 15.4 Å². The normalized spacial score (nSPS) is 24.5. The molecule has 1 saturated heterocycles. The summed E-state index contributed by atoms with van der Waals surface area (Å²) in [4.78, 5) is 11.4. The maximum atomic E-state index is 11.4. The SMILES string of the molecule is COc1cccc(C2(C)CCNC(=O)N2)c1. The van der Waals surface area contributed by atoms with Gasteiger partial charge in [0, 0.05) is 6.54 Å². The van der Waals surface area contributed by atoms with E-state index in [9.17, 15) is 4.79 Å². The van der Waals surface area contributed by atoms with Crippen LogP contribution >= 0.6 is 0 Å². The molecule has 1 atom stereocenters. The van der Waals surface area contributed by atoms with Crippen LogP contribution in [-0.4, -0.2) is 19.7 Å². The molecule has 16 heavy (non-hydrogen) atoms. The number of urea groups is 1. The Morgan fingerprint density at radius 1 is 1.44 bits per heavy atom. The molecule has 2 N–H and O–H groups in total. The zero-order valence-corrected chi connectivity index (χ0v) is 9.54.